The second-order valence-corrected chi connectivity index (χ2v) is 8.17. The van der Waals surface area contributed by atoms with Crippen molar-refractivity contribution in [1.82, 2.24) is 9.80 Å². The van der Waals surface area contributed by atoms with E-state index in [1.165, 1.54) is 24.1 Å². The molecule has 7 nitrogen and oxygen atoms in total. The largest absolute Gasteiger partial charge is 0.332 e. The van der Waals surface area contributed by atoms with Crippen molar-refractivity contribution in [3.05, 3.63) is 63.9 Å². The van der Waals surface area contributed by atoms with Crippen molar-refractivity contribution in [3.8, 4) is 6.07 Å². The molecule has 0 spiro atoms. The maximum atomic E-state index is 14.3. The Bertz CT molecular complexity index is 1090. The number of nitrogens with zero attached hydrogens (tertiary/aromatic N) is 3. The Morgan fingerprint density at radius 2 is 1.84 bits per heavy atom. The minimum atomic E-state index is -0.975. The fraction of sp³-hybridized carbons (Fsp3) is 0.273. The molecule has 2 unspecified atom stereocenters. The number of para-hydroxylation sites is 1. The Labute approximate surface area is 194 Å². The molecule has 1 N–H and O–H groups in total. The van der Waals surface area contributed by atoms with Crippen molar-refractivity contribution in [2.45, 2.75) is 12.5 Å². The fourth-order valence-corrected chi connectivity index (χ4v) is 3.85. The lowest BCUT2D eigenvalue weighted by molar-refractivity contribution is -0.131. The Balaban J connectivity index is 1.67. The second-order valence-electron chi connectivity index (χ2n) is 7.36. The molecule has 0 bridgehead atoms. The predicted molar refractivity (Wildman–Crippen MR) is 118 cm³/mol. The van der Waals surface area contributed by atoms with Crippen LogP contribution < -0.4 is 5.32 Å². The third kappa shape index (κ3) is 5.01. The first-order valence-electron chi connectivity index (χ1n) is 9.67. The maximum absolute atomic E-state index is 14.3. The molecule has 3 amide bonds. The van der Waals surface area contributed by atoms with E-state index in [-0.39, 0.29) is 28.9 Å². The monoisotopic (exact) mass is 476 g/mol. The van der Waals surface area contributed by atoms with Gasteiger partial charge in [0.05, 0.1) is 34.1 Å². The summed E-state index contributed by atoms with van der Waals surface area (Å²) in [5.74, 6) is -3.22. The first kappa shape index (κ1) is 23.5. The summed E-state index contributed by atoms with van der Waals surface area (Å²) < 4.78 is 14.3. The van der Waals surface area contributed by atoms with Gasteiger partial charge in [0.15, 0.2) is 5.82 Å². The molecule has 1 fully saturated rings. The summed E-state index contributed by atoms with van der Waals surface area (Å²) in [7, 11) is 1.31. The van der Waals surface area contributed by atoms with E-state index in [9.17, 15) is 24.0 Å². The van der Waals surface area contributed by atoms with E-state index >= 15 is 0 Å². The van der Waals surface area contributed by atoms with Gasteiger partial charge in [0.1, 0.15) is 6.04 Å². The first-order chi connectivity index (χ1) is 15.2. The van der Waals surface area contributed by atoms with Crippen molar-refractivity contribution in [2.75, 3.05) is 25.5 Å². The minimum absolute atomic E-state index is 0.0318. The third-order valence-electron chi connectivity index (χ3n) is 5.16. The highest BCUT2D eigenvalue weighted by Gasteiger charge is 2.39. The predicted octanol–water partition coefficient (Wildman–Crippen LogP) is 3.58. The number of halogens is 3. The number of anilines is 1. The number of nitriles is 1. The van der Waals surface area contributed by atoms with Crippen molar-refractivity contribution in [3.63, 3.8) is 0 Å². The molecule has 10 heteroatoms. The van der Waals surface area contributed by atoms with Crippen LogP contribution in [0.4, 0.5) is 10.1 Å². The summed E-state index contributed by atoms with van der Waals surface area (Å²) in [6, 6.07) is 12.6. The molecule has 0 radical (unpaired) electrons. The van der Waals surface area contributed by atoms with Crippen LogP contribution in [0.25, 0.3) is 0 Å². The molecule has 2 aromatic carbocycles. The van der Waals surface area contributed by atoms with Crippen LogP contribution in [0.2, 0.25) is 10.0 Å². The Kier molecular flexibility index (Phi) is 7.33. The average Bonchev–Trinajstić information content (AvgIpc) is 3.22. The van der Waals surface area contributed by atoms with Crippen LogP contribution in [0, 0.1) is 23.1 Å². The summed E-state index contributed by atoms with van der Waals surface area (Å²) >= 11 is 11.7. The van der Waals surface area contributed by atoms with Crippen LogP contribution in [0.5, 0.6) is 0 Å². The third-order valence-corrected chi connectivity index (χ3v) is 5.77. The van der Waals surface area contributed by atoms with Crippen molar-refractivity contribution in [2.24, 2.45) is 5.92 Å². The molecule has 1 aliphatic heterocycles. The number of nitrogens with one attached hydrogen (secondary N) is 1. The number of hydrogen-bond donors (Lipinski definition) is 1. The van der Waals surface area contributed by atoms with E-state index in [1.54, 1.807) is 24.3 Å². The number of likely N-dealkylation sites (N-methyl/N-ethyl adjacent to an activating group) is 1. The van der Waals surface area contributed by atoms with Gasteiger partial charge in [0.2, 0.25) is 11.8 Å². The topological polar surface area (TPSA) is 93.5 Å². The Morgan fingerprint density at radius 3 is 2.50 bits per heavy atom. The quantitative estimate of drug-likeness (QED) is 0.667. The van der Waals surface area contributed by atoms with Crippen LogP contribution in [-0.4, -0.2) is 53.7 Å². The van der Waals surface area contributed by atoms with Crippen LogP contribution in [0.15, 0.2) is 42.5 Å². The Morgan fingerprint density at radius 1 is 1.19 bits per heavy atom. The summed E-state index contributed by atoms with van der Waals surface area (Å²) in [5.41, 5.74) is 0.175. The number of benzene rings is 2. The average molecular weight is 477 g/mol. The van der Waals surface area contributed by atoms with E-state index in [0.717, 1.165) is 4.90 Å². The summed E-state index contributed by atoms with van der Waals surface area (Å²) in [6.07, 6.45) is 0.174. The SMILES string of the molecule is CN(CC(=O)N1CC(C(=O)Nc2ccccc2)CC1C#N)C(=O)c1c(Cl)ccc(Cl)c1F. The number of amides is 3. The van der Waals surface area contributed by atoms with Crippen LogP contribution in [0.1, 0.15) is 16.8 Å². The molecule has 1 aliphatic rings. The van der Waals surface area contributed by atoms with Gasteiger partial charge < -0.3 is 15.1 Å². The number of carbonyl (C=O) groups excluding carboxylic acids is 3. The molecule has 2 aromatic rings. The van der Waals surface area contributed by atoms with Crippen molar-refractivity contribution in [1.29, 1.82) is 5.26 Å². The molecule has 0 aromatic heterocycles. The summed E-state index contributed by atoms with van der Waals surface area (Å²) in [6.45, 7) is -0.393. The van der Waals surface area contributed by atoms with E-state index in [1.807, 2.05) is 12.1 Å². The molecule has 0 aliphatic carbocycles. The lowest BCUT2D eigenvalue weighted by atomic mass is 10.1. The van der Waals surface area contributed by atoms with Gasteiger partial charge in [0.25, 0.3) is 5.91 Å². The van der Waals surface area contributed by atoms with Crippen LogP contribution in [-0.2, 0) is 9.59 Å². The van der Waals surface area contributed by atoms with Gasteiger partial charge in [0, 0.05) is 19.3 Å². The number of rotatable bonds is 5. The van der Waals surface area contributed by atoms with E-state index in [4.69, 9.17) is 23.2 Å². The first-order valence-corrected chi connectivity index (χ1v) is 10.4. The molecule has 1 saturated heterocycles. The lowest BCUT2D eigenvalue weighted by Crippen LogP contribution is -2.43. The van der Waals surface area contributed by atoms with E-state index in [2.05, 4.69) is 5.32 Å². The zero-order valence-electron chi connectivity index (χ0n) is 17.0. The van der Waals surface area contributed by atoms with Gasteiger partial charge in [-0.3, -0.25) is 14.4 Å². The molecule has 2 atom stereocenters. The molecule has 166 valence electrons. The molecule has 1 heterocycles. The molecular weight excluding hydrogens is 458 g/mol. The normalized spacial score (nSPS) is 17.5. The second kappa shape index (κ2) is 9.98. The standard InChI is InChI=1S/C22H19Cl2FN4O3/c1-28(22(32)19-16(23)7-8-17(24)20(19)25)12-18(30)29-11-13(9-15(29)10-26)21(31)27-14-5-3-2-4-6-14/h2-8,13,15H,9,11-12H2,1H3,(H,27,31). The Hall–Kier alpha value is -3.15. The molecule has 0 saturated carbocycles. The van der Waals surface area contributed by atoms with E-state index in [0.29, 0.717) is 5.69 Å². The van der Waals surface area contributed by atoms with Gasteiger partial charge >= 0.3 is 0 Å². The number of hydrogen-bond acceptors (Lipinski definition) is 4. The summed E-state index contributed by atoms with van der Waals surface area (Å²) in [4.78, 5) is 40.3. The van der Waals surface area contributed by atoms with Gasteiger partial charge in [-0.1, -0.05) is 41.4 Å². The highest BCUT2D eigenvalue weighted by molar-refractivity contribution is 6.36. The van der Waals surface area contributed by atoms with Crippen LogP contribution >= 0.6 is 23.2 Å². The zero-order chi connectivity index (χ0) is 23.4. The summed E-state index contributed by atoms with van der Waals surface area (Å²) in [5, 5.41) is 11.8. The van der Waals surface area contributed by atoms with Gasteiger partial charge in [-0.2, -0.15) is 5.26 Å². The van der Waals surface area contributed by atoms with E-state index < -0.39 is 41.7 Å². The number of carbonyl (C=O) groups is 3. The lowest BCUT2D eigenvalue weighted by Gasteiger charge is -2.24. The molecule has 3 rings (SSSR count). The van der Waals surface area contributed by atoms with Crippen molar-refractivity contribution >= 4 is 46.6 Å². The highest BCUT2D eigenvalue weighted by atomic mass is 35.5. The van der Waals surface area contributed by atoms with Gasteiger partial charge in [-0.25, -0.2) is 4.39 Å². The minimum Gasteiger partial charge on any atom is -0.332 e. The maximum Gasteiger partial charge on any atom is 0.258 e. The zero-order valence-corrected chi connectivity index (χ0v) is 18.5. The molecule has 32 heavy (non-hydrogen) atoms. The smallest absolute Gasteiger partial charge is 0.258 e. The van der Waals surface area contributed by atoms with Crippen molar-refractivity contribution < 1.29 is 18.8 Å². The van der Waals surface area contributed by atoms with Gasteiger partial charge in [-0.15, -0.1) is 0 Å². The highest BCUT2D eigenvalue weighted by Crippen LogP contribution is 2.27. The number of likely N-dealkylation sites (tertiary alicyclic amines) is 1. The van der Waals surface area contributed by atoms with Crippen LogP contribution in [0.3, 0.4) is 0 Å². The molecular formula is C22H19Cl2FN4O3. The fourth-order valence-electron chi connectivity index (χ4n) is 3.47. The van der Waals surface area contributed by atoms with Gasteiger partial charge in [-0.05, 0) is 30.7 Å².